The Hall–Kier alpha value is -1.22. The molecule has 4 fully saturated rings. The van der Waals surface area contributed by atoms with Gasteiger partial charge in [-0.2, -0.15) is 0 Å². The van der Waals surface area contributed by atoms with Crippen molar-refractivity contribution in [1.29, 1.82) is 0 Å². The standard InChI is InChI=1S/C12H20O4.C8H12O4/c1-11(2,3)16-10(13)12(14)6-8-4-5-9(7-12)15-8;9-7(10)8(11)3-5-1-2-6(4-8)12-5/h8-9,14H,4-7H2,1-3H3;5-6,11H,1-4H2,(H,9,10). The highest BCUT2D eigenvalue weighted by Crippen LogP contribution is 2.40. The molecule has 4 rings (SSSR count). The number of aliphatic hydroxyl groups is 2. The lowest BCUT2D eigenvalue weighted by Gasteiger charge is -2.36. The molecule has 0 aliphatic carbocycles. The topological polar surface area (TPSA) is 123 Å². The van der Waals surface area contributed by atoms with Gasteiger partial charge in [0.1, 0.15) is 5.60 Å². The van der Waals surface area contributed by atoms with Crippen LogP contribution in [0.3, 0.4) is 0 Å². The van der Waals surface area contributed by atoms with E-state index in [9.17, 15) is 19.8 Å². The van der Waals surface area contributed by atoms with Crippen molar-refractivity contribution in [3.63, 3.8) is 0 Å². The van der Waals surface area contributed by atoms with Gasteiger partial charge < -0.3 is 29.5 Å². The Balaban J connectivity index is 0.000000167. The number of esters is 1. The van der Waals surface area contributed by atoms with Gasteiger partial charge in [0, 0.05) is 25.7 Å². The highest BCUT2D eigenvalue weighted by atomic mass is 16.6. The van der Waals surface area contributed by atoms with Crippen molar-refractivity contribution in [2.75, 3.05) is 0 Å². The van der Waals surface area contributed by atoms with Gasteiger partial charge in [0.15, 0.2) is 11.2 Å². The van der Waals surface area contributed by atoms with Gasteiger partial charge in [-0.1, -0.05) is 0 Å². The van der Waals surface area contributed by atoms with E-state index in [4.69, 9.17) is 19.3 Å². The maximum absolute atomic E-state index is 11.9. The van der Waals surface area contributed by atoms with Crippen LogP contribution < -0.4 is 0 Å². The molecular formula is C20H32O8. The number of ether oxygens (including phenoxy) is 3. The molecule has 4 atom stereocenters. The van der Waals surface area contributed by atoms with Crippen molar-refractivity contribution in [2.24, 2.45) is 0 Å². The van der Waals surface area contributed by atoms with Crippen LogP contribution in [0.4, 0.5) is 0 Å². The van der Waals surface area contributed by atoms with Crippen molar-refractivity contribution in [2.45, 2.75) is 113 Å². The predicted molar refractivity (Wildman–Crippen MR) is 97.6 cm³/mol. The fourth-order valence-corrected chi connectivity index (χ4v) is 4.55. The van der Waals surface area contributed by atoms with E-state index in [0.717, 1.165) is 25.7 Å². The SMILES string of the molecule is CC(C)(C)OC(=O)C1(O)CC2CCC(C1)O2.O=C(O)C1(O)CC2CCC(C1)O2. The van der Waals surface area contributed by atoms with Crippen LogP contribution in [-0.4, -0.2) is 68.5 Å². The summed E-state index contributed by atoms with van der Waals surface area (Å²) >= 11 is 0. The molecule has 0 radical (unpaired) electrons. The Bertz CT molecular complexity index is 586. The molecule has 8 heteroatoms. The van der Waals surface area contributed by atoms with Crippen molar-refractivity contribution in [3.05, 3.63) is 0 Å². The highest BCUT2D eigenvalue weighted by molar-refractivity contribution is 5.80. The van der Waals surface area contributed by atoms with E-state index >= 15 is 0 Å². The number of carbonyl (C=O) groups excluding carboxylic acids is 1. The molecule has 3 N–H and O–H groups in total. The first-order valence-electron chi connectivity index (χ1n) is 10.1. The van der Waals surface area contributed by atoms with Gasteiger partial charge in [-0.3, -0.25) is 0 Å². The minimum atomic E-state index is -1.52. The van der Waals surface area contributed by atoms with Gasteiger partial charge in [0.25, 0.3) is 0 Å². The Kier molecular flexibility index (Phi) is 5.80. The van der Waals surface area contributed by atoms with E-state index in [2.05, 4.69) is 0 Å². The van der Waals surface area contributed by atoms with Gasteiger partial charge in [-0.15, -0.1) is 0 Å². The monoisotopic (exact) mass is 400 g/mol. The first kappa shape index (κ1) is 21.5. The molecule has 0 aromatic rings. The van der Waals surface area contributed by atoms with Crippen LogP contribution in [0.2, 0.25) is 0 Å². The molecule has 4 saturated heterocycles. The third kappa shape index (κ3) is 4.84. The van der Waals surface area contributed by atoms with Crippen molar-refractivity contribution < 1.29 is 39.1 Å². The normalized spacial score (nSPS) is 41.8. The lowest BCUT2D eigenvalue weighted by Crippen LogP contribution is -2.50. The smallest absolute Gasteiger partial charge is 0.338 e. The van der Waals surface area contributed by atoms with Gasteiger partial charge >= 0.3 is 11.9 Å². The molecule has 0 aromatic carbocycles. The van der Waals surface area contributed by atoms with Crippen LogP contribution in [0.1, 0.15) is 72.1 Å². The summed E-state index contributed by atoms with van der Waals surface area (Å²) in [6, 6.07) is 0. The average molecular weight is 400 g/mol. The van der Waals surface area contributed by atoms with Crippen LogP contribution in [0.15, 0.2) is 0 Å². The van der Waals surface area contributed by atoms with Crippen LogP contribution in [0.5, 0.6) is 0 Å². The summed E-state index contributed by atoms with van der Waals surface area (Å²) < 4.78 is 16.3. The summed E-state index contributed by atoms with van der Waals surface area (Å²) in [5, 5.41) is 28.7. The van der Waals surface area contributed by atoms with Gasteiger partial charge in [0.05, 0.1) is 24.4 Å². The lowest BCUT2D eigenvalue weighted by molar-refractivity contribution is -0.192. The number of carbonyl (C=O) groups is 2. The second kappa shape index (κ2) is 7.55. The minimum absolute atomic E-state index is 0.0243. The van der Waals surface area contributed by atoms with Crippen LogP contribution in [0, 0.1) is 0 Å². The molecule has 8 nitrogen and oxygen atoms in total. The fourth-order valence-electron chi connectivity index (χ4n) is 4.55. The number of carboxylic acid groups (broad SMARTS) is 1. The second-order valence-corrected chi connectivity index (χ2v) is 9.60. The average Bonchev–Trinajstić information content (AvgIpc) is 3.08. The van der Waals surface area contributed by atoms with E-state index in [1.807, 2.05) is 20.8 Å². The van der Waals surface area contributed by atoms with Crippen LogP contribution in [-0.2, 0) is 23.8 Å². The first-order valence-corrected chi connectivity index (χ1v) is 10.1. The van der Waals surface area contributed by atoms with E-state index < -0.39 is 28.7 Å². The first-order chi connectivity index (χ1) is 12.9. The Morgan fingerprint density at radius 3 is 1.50 bits per heavy atom. The van der Waals surface area contributed by atoms with E-state index in [0.29, 0.717) is 12.8 Å². The summed E-state index contributed by atoms with van der Waals surface area (Å²) in [5.74, 6) is -1.61. The molecule has 4 heterocycles. The van der Waals surface area contributed by atoms with Crippen LogP contribution >= 0.6 is 0 Å². The third-order valence-corrected chi connectivity index (χ3v) is 5.83. The Morgan fingerprint density at radius 2 is 1.18 bits per heavy atom. The third-order valence-electron chi connectivity index (χ3n) is 5.83. The maximum atomic E-state index is 11.9. The van der Waals surface area contributed by atoms with Gasteiger partial charge in [0.2, 0.25) is 0 Å². The van der Waals surface area contributed by atoms with E-state index in [1.54, 1.807) is 0 Å². The molecule has 28 heavy (non-hydrogen) atoms. The van der Waals surface area contributed by atoms with Gasteiger partial charge in [-0.05, 0) is 46.5 Å². The Labute approximate surface area is 165 Å². The zero-order valence-electron chi connectivity index (χ0n) is 16.8. The molecule has 0 aromatic heterocycles. The van der Waals surface area contributed by atoms with Crippen molar-refractivity contribution in [1.82, 2.24) is 0 Å². The quantitative estimate of drug-likeness (QED) is 0.597. The summed E-state index contributed by atoms with van der Waals surface area (Å²) in [4.78, 5) is 22.6. The highest BCUT2D eigenvalue weighted by Gasteiger charge is 2.50. The van der Waals surface area contributed by atoms with Crippen molar-refractivity contribution in [3.8, 4) is 0 Å². The number of fused-ring (bicyclic) bond motifs is 4. The number of hydrogen-bond acceptors (Lipinski definition) is 7. The molecule has 4 bridgehead atoms. The number of aliphatic carboxylic acids is 1. The lowest BCUT2D eigenvalue weighted by atomic mass is 9.90. The summed E-state index contributed by atoms with van der Waals surface area (Å²) in [7, 11) is 0. The fraction of sp³-hybridized carbons (Fsp3) is 0.900. The predicted octanol–water partition coefficient (Wildman–Crippen LogP) is 1.54. The van der Waals surface area contributed by atoms with Gasteiger partial charge in [-0.25, -0.2) is 9.59 Å². The Morgan fingerprint density at radius 1 is 0.821 bits per heavy atom. The number of hydrogen-bond donors (Lipinski definition) is 3. The minimum Gasteiger partial charge on any atom is -0.479 e. The molecule has 4 aliphatic heterocycles. The molecule has 0 spiro atoms. The zero-order chi connectivity index (χ0) is 20.7. The zero-order valence-corrected chi connectivity index (χ0v) is 16.8. The molecule has 0 amide bonds. The van der Waals surface area contributed by atoms with E-state index in [1.165, 1.54) is 0 Å². The largest absolute Gasteiger partial charge is 0.479 e. The van der Waals surface area contributed by atoms with E-state index in [-0.39, 0.29) is 37.3 Å². The molecule has 4 unspecified atom stereocenters. The summed E-state index contributed by atoms with van der Waals surface area (Å²) in [5.41, 5.74) is -3.41. The maximum Gasteiger partial charge on any atom is 0.338 e. The van der Waals surface area contributed by atoms with Crippen molar-refractivity contribution >= 4 is 11.9 Å². The second-order valence-electron chi connectivity index (χ2n) is 9.60. The number of rotatable bonds is 2. The van der Waals surface area contributed by atoms with Crippen LogP contribution in [0.25, 0.3) is 0 Å². The molecule has 160 valence electrons. The summed E-state index contributed by atoms with van der Waals surface area (Å²) in [6.07, 6.45) is 4.88. The molecule has 4 aliphatic rings. The number of carboxylic acids is 1. The molecular weight excluding hydrogens is 368 g/mol. The molecule has 0 saturated carbocycles. The summed E-state index contributed by atoms with van der Waals surface area (Å²) in [6.45, 7) is 5.42.